The third-order valence-corrected chi connectivity index (χ3v) is 3.12. The maximum absolute atomic E-state index is 11.3. The molecule has 0 saturated carbocycles. The molecule has 0 saturated heterocycles. The van der Waals surface area contributed by atoms with E-state index < -0.39 is 0 Å². The lowest BCUT2D eigenvalue weighted by Gasteiger charge is -2.28. The first-order valence-corrected chi connectivity index (χ1v) is 7.34. The molecule has 1 aromatic carbocycles. The number of nitrogens with zero attached hydrogens (tertiary/aromatic N) is 1. The number of hydrogen-bond acceptors (Lipinski definition) is 3. The summed E-state index contributed by atoms with van der Waals surface area (Å²) < 4.78 is 0. The summed E-state index contributed by atoms with van der Waals surface area (Å²) >= 11 is 6.07. The number of anilines is 1. The predicted octanol–water partition coefficient (Wildman–Crippen LogP) is 2.40. The monoisotopic (exact) mass is 297 g/mol. The van der Waals surface area contributed by atoms with Gasteiger partial charge in [-0.1, -0.05) is 32.4 Å². The van der Waals surface area contributed by atoms with Crippen LogP contribution in [0, 0.1) is 5.92 Å². The number of nitrogens with one attached hydrogen (secondary N) is 1. The minimum atomic E-state index is -0.324. The van der Waals surface area contributed by atoms with Crippen LogP contribution >= 0.6 is 11.6 Å². The van der Waals surface area contributed by atoms with Gasteiger partial charge in [-0.05, 0) is 36.2 Å². The largest absolute Gasteiger partial charge is 0.368 e. The van der Waals surface area contributed by atoms with Crippen molar-refractivity contribution in [2.24, 2.45) is 11.7 Å². The van der Waals surface area contributed by atoms with Crippen LogP contribution in [0.4, 0.5) is 5.69 Å². The Morgan fingerprint density at radius 3 is 2.70 bits per heavy atom. The van der Waals surface area contributed by atoms with E-state index in [1.54, 1.807) is 0 Å². The minimum Gasteiger partial charge on any atom is -0.368 e. The molecule has 0 radical (unpaired) electrons. The number of amides is 1. The van der Waals surface area contributed by atoms with Crippen LogP contribution in [-0.2, 0) is 11.3 Å². The van der Waals surface area contributed by atoms with E-state index in [1.165, 1.54) is 0 Å². The summed E-state index contributed by atoms with van der Waals surface area (Å²) in [6.45, 7) is 8.90. The molecule has 0 aliphatic heterocycles. The topological polar surface area (TPSA) is 58.4 Å². The number of hydrogen-bond donors (Lipinski definition) is 2. The quantitative estimate of drug-likeness (QED) is 0.774. The van der Waals surface area contributed by atoms with Gasteiger partial charge in [-0.25, -0.2) is 0 Å². The minimum absolute atomic E-state index is 0.221. The fourth-order valence-electron chi connectivity index (χ4n) is 2.14. The number of benzene rings is 1. The Bertz CT molecular complexity index is 449. The third kappa shape index (κ3) is 5.39. The third-order valence-electron chi connectivity index (χ3n) is 2.88. The van der Waals surface area contributed by atoms with Crippen LogP contribution in [-0.4, -0.2) is 25.5 Å². The molecule has 3 N–H and O–H groups in total. The van der Waals surface area contributed by atoms with Crippen molar-refractivity contribution < 1.29 is 4.79 Å². The Kier molecular flexibility index (Phi) is 6.82. The highest BCUT2D eigenvalue weighted by Crippen LogP contribution is 2.25. The Labute approximate surface area is 126 Å². The fraction of sp³-hybridized carbons (Fsp3) is 0.533. The molecule has 0 fully saturated rings. The normalized spacial score (nSPS) is 10.8. The van der Waals surface area contributed by atoms with Gasteiger partial charge in [0, 0.05) is 23.8 Å². The highest BCUT2D eigenvalue weighted by Gasteiger charge is 2.15. The lowest BCUT2D eigenvalue weighted by molar-refractivity contribution is -0.116. The maximum atomic E-state index is 11.3. The van der Waals surface area contributed by atoms with Crippen LogP contribution in [0.25, 0.3) is 0 Å². The van der Waals surface area contributed by atoms with E-state index in [1.807, 2.05) is 23.1 Å². The lowest BCUT2D eigenvalue weighted by atomic mass is 10.1. The van der Waals surface area contributed by atoms with Crippen molar-refractivity contribution in [2.45, 2.75) is 27.3 Å². The number of halogens is 1. The van der Waals surface area contributed by atoms with Crippen molar-refractivity contribution in [1.29, 1.82) is 0 Å². The fourth-order valence-corrected chi connectivity index (χ4v) is 2.34. The Balaban J connectivity index is 3.06. The molecule has 0 unspecified atom stereocenters. The standard InChI is InChI=1S/C15H24ClN3O/c1-4-18-8-12-7-13(16)5-6-14(12)19(9-11(2)3)10-15(17)20/h5-7,11,18H,4,8-10H2,1-3H3,(H2,17,20). The summed E-state index contributed by atoms with van der Waals surface area (Å²) in [6, 6.07) is 5.74. The van der Waals surface area contributed by atoms with Crippen molar-refractivity contribution in [3.63, 3.8) is 0 Å². The summed E-state index contributed by atoms with van der Waals surface area (Å²) in [5.74, 6) is 0.118. The number of carbonyl (C=O) groups is 1. The molecule has 1 amide bonds. The van der Waals surface area contributed by atoms with E-state index in [0.29, 0.717) is 10.9 Å². The Morgan fingerprint density at radius 2 is 2.15 bits per heavy atom. The molecular formula is C15H24ClN3O. The van der Waals surface area contributed by atoms with Crippen molar-refractivity contribution in [3.8, 4) is 0 Å². The average molecular weight is 298 g/mol. The van der Waals surface area contributed by atoms with Crippen LogP contribution in [0.5, 0.6) is 0 Å². The van der Waals surface area contributed by atoms with Crippen LogP contribution in [0.15, 0.2) is 18.2 Å². The molecule has 112 valence electrons. The Morgan fingerprint density at radius 1 is 1.45 bits per heavy atom. The molecule has 0 aliphatic carbocycles. The van der Waals surface area contributed by atoms with Crippen LogP contribution in [0.1, 0.15) is 26.3 Å². The molecular weight excluding hydrogens is 274 g/mol. The van der Waals surface area contributed by atoms with E-state index in [4.69, 9.17) is 17.3 Å². The lowest BCUT2D eigenvalue weighted by Crippen LogP contribution is -2.37. The van der Waals surface area contributed by atoms with Crippen LogP contribution < -0.4 is 16.0 Å². The van der Waals surface area contributed by atoms with Crippen LogP contribution in [0.3, 0.4) is 0 Å². The molecule has 0 atom stereocenters. The second-order valence-electron chi connectivity index (χ2n) is 5.29. The van der Waals surface area contributed by atoms with Crippen molar-refractivity contribution in [1.82, 2.24) is 5.32 Å². The molecule has 0 spiro atoms. The maximum Gasteiger partial charge on any atom is 0.236 e. The van der Waals surface area contributed by atoms with Gasteiger partial charge in [-0.2, -0.15) is 0 Å². The number of nitrogens with two attached hydrogens (primary N) is 1. The van der Waals surface area contributed by atoms with Crippen molar-refractivity contribution in [2.75, 3.05) is 24.5 Å². The summed E-state index contributed by atoms with van der Waals surface area (Å²) in [7, 11) is 0. The first-order valence-electron chi connectivity index (χ1n) is 6.96. The van der Waals surface area contributed by atoms with Gasteiger partial charge >= 0.3 is 0 Å². The van der Waals surface area contributed by atoms with Gasteiger partial charge in [0.1, 0.15) is 0 Å². The van der Waals surface area contributed by atoms with Crippen LogP contribution in [0.2, 0.25) is 5.02 Å². The second-order valence-corrected chi connectivity index (χ2v) is 5.73. The summed E-state index contributed by atoms with van der Waals surface area (Å²) in [6.07, 6.45) is 0. The van der Waals surface area contributed by atoms with Gasteiger partial charge in [-0.15, -0.1) is 0 Å². The molecule has 5 heteroatoms. The molecule has 0 bridgehead atoms. The van der Waals surface area contributed by atoms with Gasteiger partial charge in [-0.3, -0.25) is 4.79 Å². The van der Waals surface area contributed by atoms with E-state index >= 15 is 0 Å². The zero-order valence-electron chi connectivity index (χ0n) is 12.4. The first-order chi connectivity index (χ1) is 9.43. The van der Waals surface area contributed by atoms with Gasteiger partial charge in [0.2, 0.25) is 5.91 Å². The number of primary amides is 1. The predicted molar refractivity (Wildman–Crippen MR) is 85.1 cm³/mol. The van der Waals surface area contributed by atoms with Gasteiger partial charge < -0.3 is 16.0 Å². The van der Waals surface area contributed by atoms with Gasteiger partial charge in [0.25, 0.3) is 0 Å². The SMILES string of the molecule is CCNCc1cc(Cl)ccc1N(CC(N)=O)CC(C)C. The summed E-state index contributed by atoms with van der Waals surface area (Å²) in [5, 5.41) is 3.99. The van der Waals surface area contributed by atoms with E-state index in [0.717, 1.165) is 30.9 Å². The molecule has 0 aliphatic rings. The van der Waals surface area contributed by atoms with Gasteiger partial charge in [0.05, 0.1) is 6.54 Å². The summed E-state index contributed by atoms with van der Waals surface area (Å²) in [4.78, 5) is 13.3. The molecule has 4 nitrogen and oxygen atoms in total. The Hall–Kier alpha value is -1.26. The first kappa shape index (κ1) is 16.8. The molecule has 1 rings (SSSR count). The number of rotatable bonds is 8. The molecule has 20 heavy (non-hydrogen) atoms. The van der Waals surface area contributed by atoms with Gasteiger partial charge in [0.15, 0.2) is 0 Å². The van der Waals surface area contributed by atoms with E-state index in [2.05, 4.69) is 26.1 Å². The molecule has 0 heterocycles. The molecule has 0 aromatic heterocycles. The van der Waals surface area contributed by atoms with E-state index in [-0.39, 0.29) is 12.5 Å². The molecule has 1 aromatic rings. The smallest absolute Gasteiger partial charge is 0.236 e. The average Bonchev–Trinajstić information content (AvgIpc) is 2.34. The van der Waals surface area contributed by atoms with Crippen molar-refractivity contribution >= 4 is 23.2 Å². The number of carbonyl (C=O) groups excluding carboxylic acids is 1. The second kappa shape index (κ2) is 8.12. The zero-order chi connectivity index (χ0) is 15.1. The van der Waals surface area contributed by atoms with Crippen molar-refractivity contribution in [3.05, 3.63) is 28.8 Å². The highest BCUT2D eigenvalue weighted by molar-refractivity contribution is 6.30. The van der Waals surface area contributed by atoms with E-state index in [9.17, 15) is 4.79 Å². The summed E-state index contributed by atoms with van der Waals surface area (Å²) in [5.41, 5.74) is 7.47. The zero-order valence-corrected chi connectivity index (χ0v) is 13.2. The highest BCUT2D eigenvalue weighted by atomic mass is 35.5.